The van der Waals surface area contributed by atoms with Crippen LogP contribution in [0.5, 0.6) is 5.75 Å². The molecule has 0 aromatic heterocycles. The van der Waals surface area contributed by atoms with Crippen LogP contribution in [0.4, 0.5) is 9.18 Å². The molecule has 0 unspecified atom stereocenters. The number of nitrogens with zero attached hydrogens (tertiary/aromatic N) is 2. The van der Waals surface area contributed by atoms with Crippen LogP contribution in [0.25, 0.3) is 0 Å². The van der Waals surface area contributed by atoms with Crippen LogP contribution in [0.3, 0.4) is 0 Å². The second-order valence-corrected chi connectivity index (χ2v) is 7.35. The number of likely N-dealkylation sites (tertiary alicyclic amines) is 1. The van der Waals surface area contributed by atoms with E-state index in [1.807, 2.05) is 24.3 Å². The normalized spacial score (nSPS) is 17.2. The van der Waals surface area contributed by atoms with Gasteiger partial charge in [0.2, 0.25) is 0 Å². The van der Waals surface area contributed by atoms with Gasteiger partial charge in [-0.1, -0.05) is 30.3 Å². The molecular formula is C22H28FN3O2. The van der Waals surface area contributed by atoms with Crippen LogP contribution in [-0.2, 0) is 13.1 Å². The quantitative estimate of drug-likeness (QED) is 0.826. The predicted molar refractivity (Wildman–Crippen MR) is 108 cm³/mol. The Bertz CT molecular complexity index is 782. The Kier molecular flexibility index (Phi) is 6.87. The number of rotatable bonds is 6. The van der Waals surface area contributed by atoms with Crippen molar-refractivity contribution in [3.05, 3.63) is 65.5 Å². The third-order valence-electron chi connectivity index (χ3n) is 5.08. The molecule has 5 nitrogen and oxygen atoms in total. The molecule has 1 heterocycles. The Morgan fingerprint density at radius 2 is 1.96 bits per heavy atom. The molecule has 2 aromatic rings. The summed E-state index contributed by atoms with van der Waals surface area (Å²) in [5.41, 5.74) is 1.82. The summed E-state index contributed by atoms with van der Waals surface area (Å²) in [6.45, 7) is 2.72. The van der Waals surface area contributed by atoms with Crippen molar-refractivity contribution in [3.8, 4) is 5.75 Å². The molecule has 2 aromatic carbocycles. The fourth-order valence-electron chi connectivity index (χ4n) is 3.60. The Balaban J connectivity index is 1.76. The van der Waals surface area contributed by atoms with E-state index < -0.39 is 0 Å². The first-order valence-electron chi connectivity index (χ1n) is 9.65. The molecule has 3 rings (SSSR count). The number of urea groups is 1. The number of carbonyl (C=O) groups excluding carboxylic acids is 1. The predicted octanol–water partition coefficient (Wildman–Crippen LogP) is 3.64. The molecule has 1 aliphatic rings. The number of piperidine rings is 1. The summed E-state index contributed by atoms with van der Waals surface area (Å²) in [5, 5.41) is 3.17. The summed E-state index contributed by atoms with van der Waals surface area (Å²) < 4.78 is 18.7. The standard InChI is InChI=1S/C22H28FN3O2/c1-25-13-5-7-20(16-25)24-22(27)26(14-17-9-11-19(23)12-10-17)15-18-6-3-4-8-21(18)28-2/h3-4,6,8-12,20H,5,7,13-16H2,1-2H3,(H,24,27)/t20-/m0/s1. The Hall–Kier alpha value is -2.60. The van der Waals surface area contributed by atoms with Gasteiger partial charge in [-0.25, -0.2) is 9.18 Å². The van der Waals surface area contributed by atoms with Crippen LogP contribution in [0.2, 0.25) is 0 Å². The Morgan fingerprint density at radius 3 is 2.68 bits per heavy atom. The maximum atomic E-state index is 13.3. The number of methoxy groups -OCH3 is 1. The third kappa shape index (κ3) is 5.45. The molecule has 0 bridgehead atoms. The molecule has 1 aliphatic heterocycles. The number of hydrogen-bond donors (Lipinski definition) is 1. The van der Waals surface area contributed by atoms with Crippen LogP contribution in [0.15, 0.2) is 48.5 Å². The van der Waals surface area contributed by atoms with Gasteiger partial charge in [0.05, 0.1) is 13.7 Å². The molecule has 2 amide bonds. The Labute approximate surface area is 166 Å². The van der Waals surface area contributed by atoms with Crippen LogP contribution in [0, 0.1) is 5.82 Å². The smallest absolute Gasteiger partial charge is 0.318 e. The summed E-state index contributed by atoms with van der Waals surface area (Å²) in [6, 6.07) is 14.0. The van der Waals surface area contributed by atoms with Crippen LogP contribution in [0.1, 0.15) is 24.0 Å². The third-order valence-corrected chi connectivity index (χ3v) is 5.08. The molecule has 28 heavy (non-hydrogen) atoms. The van der Waals surface area contributed by atoms with Crippen LogP contribution >= 0.6 is 0 Å². The van der Waals surface area contributed by atoms with Crippen molar-refractivity contribution in [2.24, 2.45) is 0 Å². The lowest BCUT2D eigenvalue weighted by atomic mass is 10.1. The van der Waals surface area contributed by atoms with E-state index in [0.717, 1.165) is 42.8 Å². The van der Waals surface area contributed by atoms with E-state index in [9.17, 15) is 9.18 Å². The lowest BCUT2D eigenvalue weighted by Crippen LogP contribution is -2.50. The maximum Gasteiger partial charge on any atom is 0.318 e. The number of halogens is 1. The number of benzene rings is 2. The van der Waals surface area contributed by atoms with Crippen LogP contribution in [-0.4, -0.2) is 49.1 Å². The highest BCUT2D eigenvalue weighted by molar-refractivity contribution is 5.74. The first-order valence-corrected chi connectivity index (χ1v) is 9.65. The van der Waals surface area contributed by atoms with Crippen molar-refractivity contribution in [2.75, 3.05) is 27.2 Å². The van der Waals surface area contributed by atoms with E-state index in [-0.39, 0.29) is 17.9 Å². The second kappa shape index (κ2) is 9.55. The van der Waals surface area contributed by atoms with E-state index in [1.54, 1.807) is 24.1 Å². The highest BCUT2D eigenvalue weighted by atomic mass is 19.1. The highest BCUT2D eigenvalue weighted by Crippen LogP contribution is 2.21. The molecule has 1 fully saturated rings. The average Bonchev–Trinajstić information content (AvgIpc) is 2.69. The van der Waals surface area contributed by atoms with E-state index in [2.05, 4.69) is 17.3 Å². The number of carbonyl (C=O) groups is 1. The van der Waals surface area contributed by atoms with Gasteiger partial charge in [0, 0.05) is 24.7 Å². The van der Waals surface area contributed by atoms with E-state index >= 15 is 0 Å². The zero-order valence-electron chi connectivity index (χ0n) is 16.5. The van der Waals surface area contributed by atoms with Gasteiger partial charge in [0.1, 0.15) is 11.6 Å². The molecule has 1 N–H and O–H groups in total. The van der Waals surface area contributed by atoms with Crippen molar-refractivity contribution in [3.63, 3.8) is 0 Å². The lowest BCUT2D eigenvalue weighted by Gasteiger charge is -2.32. The number of hydrogen-bond acceptors (Lipinski definition) is 3. The molecule has 0 aliphatic carbocycles. The first-order chi connectivity index (χ1) is 13.5. The minimum absolute atomic E-state index is 0.115. The van der Waals surface area contributed by atoms with Gasteiger partial charge in [-0.2, -0.15) is 0 Å². The van der Waals surface area contributed by atoms with Crippen molar-refractivity contribution in [1.82, 2.24) is 15.1 Å². The summed E-state index contributed by atoms with van der Waals surface area (Å²) in [5.74, 6) is 0.464. The summed E-state index contributed by atoms with van der Waals surface area (Å²) in [7, 11) is 3.70. The second-order valence-electron chi connectivity index (χ2n) is 7.35. The minimum Gasteiger partial charge on any atom is -0.496 e. The number of amides is 2. The van der Waals surface area contributed by atoms with Crippen molar-refractivity contribution >= 4 is 6.03 Å². The maximum absolute atomic E-state index is 13.3. The summed E-state index contributed by atoms with van der Waals surface area (Å²) in [6.07, 6.45) is 2.06. The monoisotopic (exact) mass is 385 g/mol. The fraction of sp³-hybridized carbons (Fsp3) is 0.409. The minimum atomic E-state index is -0.283. The number of para-hydroxylation sites is 1. The number of ether oxygens (including phenoxy) is 1. The van der Waals surface area contributed by atoms with Gasteiger partial charge in [0.25, 0.3) is 0 Å². The molecule has 1 saturated heterocycles. The van der Waals surface area contributed by atoms with Crippen molar-refractivity contribution < 1.29 is 13.9 Å². The Morgan fingerprint density at radius 1 is 1.21 bits per heavy atom. The van der Waals surface area contributed by atoms with Crippen molar-refractivity contribution in [2.45, 2.75) is 32.0 Å². The topological polar surface area (TPSA) is 44.8 Å². The van der Waals surface area contributed by atoms with Gasteiger partial charge in [-0.05, 0) is 50.2 Å². The van der Waals surface area contributed by atoms with E-state index in [0.29, 0.717) is 13.1 Å². The number of likely N-dealkylation sites (N-methyl/N-ethyl adjacent to an activating group) is 1. The fourth-order valence-corrected chi connectivity index (χ4v) is 3.60. The summed E-state index contributed by atoms with van der Waals surface area (Å²) >= 11 is 0. The average molecular weight is 385 g/mol. The van der Waals surface area contributed by atoms with E-state index in [1.165, 1.54) is 12.1 Å². The first kappa shape index (κ1) is 20.1. The number of nitrogens with one attached hydrogen (secondary N) is 1. The molecular weight excluding hydrogens is 357 g/mol. The van der Waals surface area contributed by atoms with E-state index in [4.69, 9.17) is 4.74 Å². The van der Waals surface area contributed by atoms with Gasteiger partial charge in [-0.3, -0.25) is 0 Å². The van der Waals surface area contributed by atoms with Gasteiger partial charge in [0.15, 0.2) is 0 Å². The van der Waals surface area contributed by atoms with Gasteiger partial charge in [-0.15, -0.1) is 0 Å². The molecule has 6 heteroatoms. The SMILES string of the molecule is COc1ccccc1CN(Cc1ccc(F)cc1)C(=O)N[C@H]1CCCN(C)C1. The largest absolute Gasteiger partial charge is 0.496 e. The van der Waals surface area contributed by atoms with Gasteiger partial charge < -0.3 is 19.9 Å². The molecule has 150 valence electrons. The zero-order chi connectivity index (χ0) is 19.9. The molecule has 0 saturated carbocycles. The summed E-state index contributed by atoms with van der Waals surface area (Å²) in [4.78, 5) is 17.1. The van der Waals surface area contributed by atoms with Crippen molar-refractivity contribution in [1.29, 1.82) is 0 Å². The zero-order valence-corrected chi connectivity index (χ0v) is 16.5. The molecule has 0 spiro atoms. The van der Waals surface area contributed by atoms with Crippen LogP contribution < -0.4 is 10.1 Å². The molecule has 1 atom stereocenters. The highest BCUT2D eigenvalue weighted by Gasteiger charge is 2.23. The molecule has 0 radical (unpaired) electrons. The van der Waals surface area contributed by atoms with Gasteiger partial charge >= 0.3 is 6.03 Å². The lowest BCUT2D eigenvalue weighted by molar-refractivity contribution is 0.173.